The average Bonchev–Trinajstić information content (AvgIpc) is 2.82. The highest BCUT2D eigenvalue weighted by molar-refractivity contribution is 6.39. The van der Waals surface area contributed by atoms with E-state index in [4.69, 9.17) is 4.74 Å². The quantitative estimate of drug-likeness (QED) is 0.428. The third-order valence-electron chi connectivity index (χ3n) is 4.97. The smallest absolute Gasteiger partial charge is 0.339 e. The van der Waals surface area contributed by atoms with Crippen molar-refractivity contribution in [2.75, 3.05) is 4.90 Å². The standard InChI is InChI=1S/C25H17FN2O6/c26-17-7-9-18(10-8-17)28-23(30)20(22(29)27-25(28)33)13-16-6-11-21(19(12-16)24(31)32)34-14-15-4-2-1-3-5-15/h1-13H,14H2,(H,31,32)(H,27,29,33)/b20-13-. The summed E-state index contributed by atoms with van der Waals surface area (Å²) in [6.07, 6.45) is 1.17. The van der Waals surface area contributed by atoms with Crippen molar-refractivity contribution in [3.63, 3.8) is 0 Å². The number of benzene rings is 3. The molecule has 1 fully saturated rings. The fourth-order valence-electron chi connectivity index (χ4n) is 3.31. The lowest BCUT2D eigenvalue weighted by Crippen LogP contribution is -2.54. The number of aromatic carboxylic acids is 1. The molecule has 1 aliphatic rings. The Morgan fingerprint density at radius 3 is 2.38 bits per heavy atom. The molecule has 2 N–H and O–H groups in total. The molecule has 1 saturated heterocycles. The van der Waals surface area contributed by atoms with Crippen LogP contribution in [0.4, 0.5) is 14.9 Å². The second kappa shape index (κ2) is 9.37. The Morgan fingerprint density at radius 1 is 1.00 bits per heavy atom. The minimum Gasteiger partial charge on any atom is -0.488 e. The molecule has 8 nitrogen and oxygen atoms in total. The molecule has 170 valence electrons. The van der Waals surface area contributed by atoms with Gasteiger partial charge in [0, 0.05) is 0 Å². The Kier molecular flexibility index (Phi) is 6.18. The second-order valence-electron chi connectivity index (χ2n) is 7.27. The van der Waals surface area contributed by atoms with Gasteiger partial charge in [-0.25, -0.2) is 18.9 Å². The number of imide groups is 2. The van der Waals surface area contributed by atoms with Crippen LogP contribution in [-0.4, -0.2) is 28.9 Å². The van der Waals surface area contributed by atoms with Gasteiger partial charge in [-0.1, -0.05) is 36.4 Å². The molecule has 1 aliphatic heterocycles. The Balaban J connectivity index is 1.63. The number of carbonyl (C=O) groups excluding carboxylic acids is 3. The Morgan fingerprint density at radius 2 is 1.71 bits per heavy atom. The Bertz CT molecular complexity index is 1320. The Labute approximate surface area is 192 Å². The van der Waals surface area contributed by atoms with E-state index >= 15 is 0 Å². The van der Waals surface area contributed by atoms with E-state index in [1.54, 1.807) is 0 Å². The van der Waals surface area contributed by atoms with Crippen LogP contribution in [0.15, 0.2) is 78.4 Å². The average molecular weight is 460 g/mol. The number of hydrogen-bond donors (Lipinski definition) is 2. The monoisotopic (exact) mass is 460 g/mol. The van der Waals surface area contributed by atoms with Gasteiger partial charge < -0.3 is 9.84 Å². The zero-order valence-corrected chi connectivity index (χ0v) is 17.5. The SMILES string of the molecule is O=C1NC(=O)N(c2ccc(F)cc2)C(=O)/C1=C\c1ccc(OCc2ccccc2)c(C(=O)O)c1. The van der Waals surface area contributed by atoms with E-state index < -0.39 is 35.2 Å². The molecule has 4 rings (SSSR count). The molecule has 4 amide bonds. The summed E-state index contributed by atoms with van der Waals surface area (Å²) in [4.78, 5) is 50.0. The molecule has 0 aliphatic carbocycles. The number of nitrogens with zero attached hydrogens (tertiary/aromatic N) is 1. The summed E-state index contributed by atoms with van der Waals surface area (Å²) in [6, 6.07) is 17.0. The number of carbonyl (C=O) groups is 4. The number of urea groups is 1. The van der Waals surface area contributed by atoms with Crippen LogP contribution in [0.3, 0.4) is 0 Å². The largest absolute Gasteiger partial charge is 0.488 e. The fraction of sp³-hybridized carbons (Fsp3) is 0.0400. The van der Waals surface area contributed by atoms with Crippen molar-refractivity contribution in [1.29, 1.82) is 0 Å². The van der Waals surface area contributed by atoms with Crippen LogP contribution in [0.25, 0.3) is 6.08 Å². The van der Waals surface area contributed by atoms with Crippen LogP contribution in [0.2, 0.25) is 0 Å². The van der Waals surface area contributed by atoms with Gasteiger partial charge in [0.1, 0.15) is 29.3 Å². The van der Waals surface area contributed by atoms with Gasteiger partial charge in [0.15, 0.2) is 0 Å². The van der Waals surface area contributed by atoms with E-state index in [0.29, 0.717) is 4.90 Å². The van der Waals surface area contributed by atoms with E-state index in [2.05, 4.69) is 5.32 Å². The maximum absolute atomic E-state index is 13.2. The van der Waals surface area contributed by atoms with E-state index in [9.17, 15) is 28.7 Å². The first kappa shape index (κ1) is 22.4. The van der Waals surface area contributed by atoms with Gasteiger partial charge in [0.2, 0.25) is 0 Å². The highest BCUT2D eigenvalue weighted by atomic mass is 19.1. The molecule has 0 saturated carbocycles. The van der Waals surface area contributed by atoms with Crippen LogP contribution >= 0.6 is 0 Å². The van der Waals surface area contributed by atoms with Crippen molar-refractivity contribution < 1.29 is 33.4 Å². The van der Waals surface area contributed by atoms with Crippen molar-refractivity contribution in [3.8, 4) is 5.75 Å². The molecule has 0 atom stereocenters. The molecule has 3 aromatic carbocycles. The zero-order valence-electron chi connectivity index (χ0n) is 17.5. The number of ether oxygens (including phenoxy) is 1. The van der Waals surface area contributed by atoms with E-state index in [1.807, 2.05) is 30.3 Å². The van der Waals surface area contributed by atoms with Crippen LogP contribution < -0.4 is 15.0 Å². The maximum Gasteiger partial charge on any atom is 0.339 e. The number of nitrogens with one attached hydrogen (secondary N) is 1. The van der Waals surface area contributed by atoms with Crippen molar-refractivity contribution in [2.24, 2.45) is 0 Å². The minimum atomic E-state index is -1.26. The molecule has 34 heavy (non-hydrogen) atoms. The lowest BCUT2D eigenvalue weighted by atomic mass is 10.0. The summed E-state index contributed by atoms with van der Waals surface area (Å²) in [5.41, 5.74) is 0.591. The van der Waals surface area contributed by atoms with Crippen LogP contribution in [0.1, 0.15) is 21.5 Å². The van der Waals surface area contributed by atoms with E-state index in [0.717, 1.165) is 17.7 Å². The summed E-state index contributed by atoms with van der Waals surface area (Å²) in [5.74, 6) is -3.57. The van der Waals surface area contributed by atoms with Gasteiger partial charge >= 0.3 is 12.0 Å². The van der Waals surface area contributed by atoms with Crippen molar-refractivity contribution in [2.45, 2.75) is 6.61 Å². The Hall–Kier alpha value is -4.79. The lowest BCUT2D eigenvalue weighted by molar-refractivity contribution is -0.122. The molecule has 9 heteroatoms. The van der Waals surface area contributed by atoms with Crippen LogP contribution in [-0.2, 0) is 16.2 Å². The number of barbiturate groups is 1. The number of anilines is 1. The van der Waals surface area contributed by atoms with Gasteiger partial charge in [-0.05, 0) is 53.6 Å². The topological polar surface area (TPSA) is 113 Å². The van der Waals surface area contributed by atoms with Gasteiger partial charge in [-0.3, -0.25) is 14.9 Å². The number of amides is 4. The van der Waals surface area contributed by atoms with Crippen molar-refractivity contribution in [1.82, 2.24) is 5.32 Å². The van der Waals surface area contributed by atoms with Gasteiger partial charge in [0.25, 0.3) is 11.8 Å². The molecule has 0 bridgehead atoms. The number of carboxylic acids is 1. The highest BCUT2D eigenvalue weighted by Gasteiger charge is 2.36. The molecule has 0 unspecified atom stereocenters. The summed E-state index contributed by atoms with van der Waals surface area (Å²) in [6.45, 7) is 0.150. The van der Waals surface area contributed by atoms with Gasteiger partial charge in [-0.2, -0.15) is 0 Å². The molecule has 0 radical (unpaired) electrons. The van der Waals surface area contributed by atoms with Crippen LogP contribution in [0.5, 0.6) is 5.75 Å². The third-order valence-corrected chi connectivity index (χ3v) is 4.97. The van der Waals surface area contributed by atoms with E-state index in [-0.39, 0.29) is 29.2 Å². The lowest BCUT2D eigenvalue weighted by Gasteiger charge is -2.26. The first-order valence-electron chi connectivity index (χ1n) is 10.0. The summed E-state index contributed by atoms with van der Waals surface area (Å²) < 4.78 is 18.9. The van der Waals surface area contributed by atoms with Gasteiger partial charge in [-0.15, -0.1) is 0 Å². The van der Waals surface area contributed by atoms with Crippen molar-refractivity contribution in [3.05, 3.63) is 101 Å². The molecular formula is C25H17FN2O6. The molecule has 3 aromatic rings. The van der Waals surface area contributed by atoms with Gasteiger partial charge in [0.05, 0.1) is 5.69 Å². The minimum absolute atomic E-state index is 0.0678. The van der Waals surface area contributed by atoms with Crippen LogP contribution in [0, 0.1) is 5.82 Å². The van der Waals surface area contributed by atoms with Crippen molar-refractivity contribution >= 4 is 35.6 Å². The predicted molar refractivity (Wildman–Crippen MR) is 120 cm³/mol. The summed E-state index contributed by atoms with van der Waals surface area (Å²) in [5, 5.41) is 11.7. The molecule has 1 heterocycles. The molecule has 0 aromatic heterocycles. The highest BCUT2D eigenvalue weighted by Crippen LogP contribution is 2.25. The first-order valence-corrected chi connectivity index (χ1v) is 10.0. The number of halogens is 1. The number of rotatable bonds is 6. The number of carboxylic acid groups (broad SMARTS) is 1. The normalized spacial score (nSPS) is 14.8. The predicted octanol–water partition coefficient (Wildman–Crippen LogP) is 3.77. The second-order valence-corrected chi connectivity index (χ2v) is 7.27. The first-order chi connectivity index (χ1) is 16.3. The maximum atomic E-state index is 13.2. The number of hydrogen-bond acceptors (Lipinski definition) is 5. The van der Waals surface area contributed by atoms with E-state index in [1.165, 1.54) is 36.4 Å². The zero-order chi connectivity index (χ0) is 24.2. The summed E-state index contributed by atoms with van der Waals surface area (Å²) in [7, 11) is 0. The summed E-state index contributed by atoms with van der Waals surface area (Å²) >= 11 is 0. The third kappa shape index (κ3) is 4.68. The molecular weight excluding hydrogens is 443 g/mol. The fourth-order valence-corrected chi connectivity index (χ4v) is 3.31. The molecule has 0 spiro atoms.